The summed E-state index contributed by atoms with van der Waals surface area (Å²) in [7, 11) is 0. The van der Waals surface area contributed by atoms with Gasteiger partial charge in [0, 0.05) is 43.9 Å². The second kappa shape index (κ2) is 7.05. The van der Waals surface area contributed by atoms with E-state index in [9.17, 15) is 4.79 Å². The number of aryl methyl sites for hydroxylation is 1. The molecule has 1 saturated heterocycles. The molecule has 1 fully saturated rings. The van der Waals surface area contributed by atoms with Crippen molar-refractivity contribution in [3.05, 3.63) is 54.6 Å². The molecule has 0 aliphatic carbocycles. The minimum Gasteiger partial charge on any atom is -0.378 e. The molecule has 8 nitrogen and oxygen atoms in total. The molecule has 0 spiro atoms. The molecule has 28 heavy (non-hydrogen) atoms. The van der Waals surface area contributed by atoms with Crippen LogP contribution < -0.4 is 0 Å². The van der Waals surface area contributed by atoms with Crippen molar-refractivity contribution in [2.45, 2.75) is 12.8 Å². The van der Waals surface area contributed by atoms with Crippen molar-refractivity contribution in [3.8, 4) is 11.3 Å². The third kappa shape index (κ3) is 3.01. The van der Waals surface area contributed by atoms with Crippen molar-refractivity contribution in [1.82, 2.24) is 29.1 Å². The number of benzene rings is 1. The van der Waals surface area contributed by atoms with Crippen LogP contribution >= 0.6 is 0 Å². The van der Waals surface area contributed by atoms with Gasteiger partial charge < -0.3 is 9.64 Å². The van der Waals surface area contributed by atoms with Crippen molar-refractivity contribution >= 4 is 17.1 Å². The first kappa shape index (κ1) is 16.9. The smallest absolute Gasteiger partial charge is 0.223 e. The number of hydrogen-bond acceptors (Lipinski definition) is 5. The zero-order valence-corrected chi connectivity index (χ0v) is 15.4. The predicted molar refractivity (Wildman–Crippen MR) is 103 cm³/mol. The van der Waals surface area contributed by atoms with Gasteiger partial charge in [0.1, 0.15) is 11.3 Å². The molecular weight excluding hydrogens is 356 g/mol. The van der Waals surface area contributed by atoms with E-state index in [1.54, 1.807) is 0 Å². The Morgan fingerprint density at radius 2 is 1.89 bits per heavy atom. The Balaban J connectivity index is 1.41. The van der Waals surface area contributed by atoms with Crippen LogP contribution in [0.1, 0.15) is 12.2 Å². The van der Waals surface area contributed by atoms with E-state index in [0.29, 0.717) is 39.1 Å². The van der Waals surface area contributed by atoms with Crippen molar-refractivity contribution in [2.24, 2.45) is 0 Å². The SMILES string of the molecule is O=C(CCc1nnc2c3cc(-c4ccccc4)nn3ccn12)N1CCOCC1. The predicted octanol–water partition coefficient (Wildman–Crippen LogP) is 1.84. The van der Waals surface area contributed by atoms with Crippen LogP contribution in [0.15, 0.2) is 48.8 Å². The molecule has 142 valence electrons. The number of nitrogens with zero attached hydrogens (tertiary/aromatic N) is 6. The monoisotopic (exact) mass is 376 g/mol. The lowest BCUT2D eigenvalue weighted by atomic mass is 10.1. The first-order valence-corrected chi connectivity index (χ1v) is 9.42. The Morgan fingerprint density at radius 1 is 1.07 bits per heavy atom. The van der Waals surface area contributed by atoms with Crippen molar-refractivity contribution in [3.63, 3.8) is 0 Å². The van der Waals surface area contributed by atoms with Gasteiger partial charge >= 0.3 is 0 Å². The number of amides is 1. The average Bonchev–Trinajstić information content (AvgIpc) is 3.37. The molecule has 5 rings (SSSR count). The Morgan fingerprint density at radius 3 is 2.71 bits per heavy atom. The third-order valence-corrected chi connectivity index (χ3v) is 5.08. The average molecular weight is 376 g/mol. The molecular formula is C20H20N6O2. The minimum atomic E-state index is 0.136. The summed E-state index contributed by atoms with van der Waals surface area (Å²) in [4.78, 5) is 14.3. The summed E-state index contributed by atoms with van der Waals surface area (Å²) in [6.45, 7) is 2.56. The number of ether oxygens (including phenoxy) is 1. The van der Waals surface area contributed by atoms with E-state index in [0.717, 1.165) is 28.2 Å². The Labute approximate surface area is 161 Å². The fourth-order valence-electron chi connectivity index (χ4n) is 3.57. The van der Waals surface area contributed by atoms with Crippen LogP contribution in [0, 0.1) is 0 Å². The minimum absolute atomic E-state index is 0.136. The van der Waals surface area contributed by atoms with Gasteiger partial charge in [-0.2, -0.15) is 5.10 Å². The van der Waals surface area contributed by atoms with Crippen LogP contribution in [0.5, 0.6) is 0 Å². The topological polar surface area (TPSA) is 77.0 Å². The van der Waals surface area contributed by atoms with Crippen molar-refractivity contribution in [2.75, 3.05) is 26.3 Å². The maximum absolute atomic E-state index is 12.4. The molecule has 0 saturated carbocycles. The summed E-state index contributed by atoms with van der Waals surface area (Å²) in [5, 5.41) is 13.3. The van der Waals surface area contributed by atoms with E-state index in [-0.39, 0.29) is 5.91 Å². The first-order chi connectivity index (χ1) is 13.8. The molecule has 1 aliphatic rings. The molecule has 1 amide bonds. The Kier molecular flexibility index (Phi) is 4.25. The maximum atomic E-state index is 12.4. The number of rotatable bonds is 4. The van der Waals surface area contributed by atoms with E-state index < -0.39 is 0 Å². The van der Waals surface area contributed by atoms with Gasteiger partial charge in [-0.15, -0.1) is 10.2 Å². The lowest BCUT2D eigenvalue weighted by Gasteiger charge is -2.26. The molecule has 0 N–H and O–H groups in total. The summed E-state index contributed by atoms with van der Waals surface area (Å²) >= 11 is 0. The second-order valence-corrected chi connectivity index (χ2v) is 6.83. The van der Waals surface area contributed by atoms with Gasteiger partial charge in [0.05, 0.1) is 18.9 Å². The largest absolute Gasteiger partial charge is 0.378 e. The number of carbonyl (C=O) groups is 1. The van der Waals surface area contributed by atoms with Crippen molar-refractivity contribution in [1.29, 1.82) is 0 Å². The normalized spacial score (nSPS) is 14.8. The highest BCUT2D eigenvalue weighted by Crippen LogP contribution is 2.22. The van der Waals surface area contributed by atoms with Crippen LogP contribution in [-0.2, 0) is 16.0 Å². The Bertz CT molecular complexity index is 1130. The summed E-state index contributed by atoms with van der Waals surface area (Å²) < 4.78 is 9.06. The van der Waals surface area contributed by atoms with Gasteiger partial charge in [0.25, 0.3) is 0 Å². The van der Waals surface area contributed by atoms with E-state index in [1.807, 2.05) is 62.6 Å². The van der Waals surface area contributed by atoms with Gasteiger partial charge in [-0.3, -0.25) is 9.20 Å². The lowest BCUT2D eigenvalue weighted by Crippen LogP contribution is -2.40. The zero-order valence-electron chi connectivity index (χ0n) is 15.4. The Hall–Kier alpha value is -3.26. The van der Waals surface area contributed by atoms with E-state index in [2.05, 4.69) is 15.3 Å². The van der Waals surface area contributed by atoms with Gasteiger partial charge in [-0.05, 0) is 6.07 Å². The molecule has 0 atom stereocenters. The first-order valence-electron chi connectivity index (χ1n) is 9.42. The quantitative estimate of drug-likeness (QED) is 0.543. The highest BCUT2D eigenvalue weighted by molar-refractivity contribution is 5.77. The van der Waals surface area contributed by atoms with E-state index in [4.69, 9.17) is 4.74 Å². The fraction of sp³-hybridized carbons (Fsp3) is 0.300. The molecule has 0 radical (unpaired) electrons. The number of hydrogen-bond donors (Lipinski definition) is 0. The van der Waals surface area contributed by atoms with Gasteiger partial charge in [-0.25, -0.2) is 4.52 Å². The number of fused-ring (bicyclic) bond motifs is 3. The highest BCUT2D eigenvalue weighted by atomic mass is 16.5. The summed E-state index contributed by atoms with van der Waals surface area (Å²) in [5.41, 5.74) is 3.58. The van der Waals surface area contributed by atoms with Crippen LogP contribution in [0.2, 0.25) is 0 Å². The fourth-order valence-corrected chi connectivity index (χ4v) is 3.57. The van der Waals surface area contributed by atoms with Crippen molar-refractivity contribution < 1.29 is 9.53 Å². The van der Waals surface area contributed by atoms with Crippen LogP contribution in [0.25, 0.3) is 22.4 Å². The van der Waals surface area contributed by atoms with Gasteiger partial charge in [0.2, 0.25) is 5.91 Å². The molecule has 1 aromatic carbocycles. The summed E-state index contributed by atoms with van der Waals surface area (Å²) in [6, 6.07) is 12.1. The van der Waals surface area contributed by atoms with Crippen LogP contribution in [-0.4, -0.2) is 61.3 Å². The molecule has 0 unspecified atom stereocenters. The highest BCUT2D eigenvalue weighted by Gasteiger charge is 2.18. The van der Waals surface area contributed by atoms with Crippen LogP contribution in [0.3, 0.4) is 0 Å². The molecule has 0 bridgehead atoms. The zero-order chi connectivity index (χ0) is 18.9. The van der Waals surface area contributed by atoms with E-state index >= 15 is 0 Å². The third-order valence-electron chi connectivity index (χ3n) is 5.08. The molecule has 4 aromatic rings. The standard InChI is InChI=1S/C20H20N6O2/c27-19(24-10-12-28-13-11-24)7-6-18-21-22-20-17-14-16(15-4-2-1-3-5-15)23-26(17)9-8-25(18)20/h1-5,8-9,14H,6-7,10-13H2. The lowest BCUT2D eigenvalue weighted by molar-refractivity contribution is -0.135. The maximum Gasteiger partial charge on any atom is 0.223 e. The molecule has 1 aliphatic heterocycles. The second-order valence-electron chi connectivity index (χ2n) is 6.83. The number of aromatic nitrogens is 5. The number of carbonyl (C=O) groups excluding carboxylic acids is 1. The molecule has 3 aromatic heterocycles. The molecule has 4 heterocycles. The summed E-state index contributed by atoms with van der Waals surface area (Å²) in [5.74, 6) is 0.915. The van der Waals surface area contributed by atoms with Crippen LogP contribution in [0.4, 0.5) is 0 Å². The van der Waals surface area contributed by atoms with Gasteiger partial charge in [0.15, 0.2) is 5.65 Å². The van der Waals surface area contributed by atoms with Gasteiger partial charge in [-0.1, -0.05) is 30.3 Å². The summed E-state index contributed by atoms with van der Waals surface area (Å²) in [6.07, 6.45) is 4.76. The number of morpholine rings is 1. The molecule has 8 heteroatoms. The van der Waals surface area contributed by atoms with E-state index in [1.165, 1.54) is 0 Å².